The first kappa shape index (κ1) is 12.2. The normalized spacial score (nSPS) is 13.6. The highest BCUT2D eigenvalue weighted by Crippen LogP contribution is 2.31. The average molecular weight is 274 g/mol. The maximum Gasteiger partial charge on any atom is 0.164 e. The van der Waals surface area contributed by atoms with Gasteiger partial charge in [0, 0.05) is 0 Å². The molecule has 0 aliphatic heterocycles. The van der Waals surface area contributed by atoms with Crippen molar-refractivity contribution in [3.63, 3.8) is 0 Å². The van der Waals surface area contributed by atoms with Crippen LogP contribution in [0, 0.1) is 0 Å². The van der Waals surface area contributed by atoms with Gasteiger partial charge in [-0.15, -0.1) is 0 Å². The minimum atomic E-state index is 0.0379. The number of methoxy groups -OCH3 is 1. The fourth-order valence-corrected chi connectivity index (χ4v) is 3.32. The van der Waals surface area contributed by atoms with Crippen LogP contribution >= 0.6 is 0 Å². The number of hydrogen-bond donors (Lipinski definition) is 0. The number of benzene rings is 3. The highest BCUT2D eigenvalue weighted by molar-refractivity contribution is 6.25. The Morgan fingerprint density at radius 2 is 1.76 bits per heavy atom. The minimum absolute atomic E-state index is 0.0379. The number of allylic oxidation sites excluding steroid dienone is 2. The number of Topliss-reactive ketones (excluding diaryl/α,β-unsaturated/α-hetero) is 1. The van der Waals surface area contributed by atoms with E-state index in [1.165, 1.54) is 16.2 Å². The Hall–Kier alpha value is -2.61. The van der Waals surface area contributed by atoms with Crippen LogP contribution in [0.5, 0.6) is 0 Å². The van der Waals surface area contributed by atoms with Crippen LogP contribution < -0.4 is 5.22 Å². The van der Waals surface area contributed by atoms with E-state index >= 15 is 0 Å². The van der Waals surface area contributed by atoms with Gasteiger partial charge in [0.2, 0.25) is 0 Å². The predicted molar refractivity (Wildman–Crippen MR) is 85.7 cm³/mol. The Morgan fingerprint density at radius 3 is 2.48 bits per heavy atom. The number of ether oxygens (including phenoxy) is 1. The molecule has 0 unspecified atom stereocenters. The molecule has 0 heterocycles. The fourth-order valence-electron chi connectivity index (χ4n) is 3.32. The number of rotatable bonds is 2. The second-order valence-electron chi connectivity index (χ2n) is 5.37. The van der Waals surface area contributed by atoms with Crippen LogP contribution in [0.4, 0.5) is 0 Å². The van der Waals surface area contributed by atoms with Gasteiger partial charge in [0.25, 0.3) is 0 Å². The second kappa shape index (κ2) is 4.19. The van der Waals surface area contributed by atoms with Crippen LogP contribution in [-0.2, 0) is 9.53 Å². The summed E-state index contributed by atoms with van der Waals surface area (Å²) in [6, 6.07) is 14.7. The molecule has 2 nitrogen and oxygen atoms in total. The lowest BCUT2D eigenvalue weighted by atomic mass is 9.94. The van der Waals surface area contributed by atoms with Crippen molar-refractivity contribution in [1.82, 2.24) is 0 Å². The summed E-state index contributed by atoms with van der Waals surface area (Å²) in [5.74, 6) is 0.699. The van der Waals surface area contributed by atoms with Crippen molar-refractivity contribution in [3.8, 4) is 0 Å². The summed E-state index contributed by atoms with van der Waals surface area (Å²) in [5.41, 5.74) is 1.66. The third kappa shape index (κ3) is 1.56. The van der Waals surface area contributed by atoms with Gasteiger partial charge in [-0.25, -0.2) is 0 Å². The molecule has 0 saturated heterocycles. The summed E-state index contributed by atoms with van der Waals surface area (Å²) in [5, 5.41) is 5.88. The molecule has 2 heteroatoms. The van der Waals surface area contributed by atoms with Crippen LogP contribution in [0.15, 0.2) is 48.2 Å². The summed E-state index contributed by atoms with van der Waals surface area (Å²) < 4.78 is 5.41. The molecule has 21 heavy (non-hydrogen) atoms. The van der Waals surface area contributed by atoms with Gasteiger partial charge in [-0.3, -0.25) is 4.79 Å². The zero-order chi connectivity index (χ0) is 14.6. The van der Waals surface area contributed by atoms with E-state index in [0.29, 0.717) is 11.3 Å². The summed E-state index contributed by atoms with van der Waals surface area (Å²) >= 11 is 0. The van der Waals surface area contributed by atoms with Gasteiger partial charge < -0.3 is 4.74 Å². The number of ketones is 1. The Labute approximate surface area is 122 Å². The molecule has 0 radical (unpaired) electrons. The van der Waals surface area contributed by atoms with Gasteiger partial charge >= 0.3 is 0 Å². The Balaban J connectivity index is 2.23. The fraction of sp³-hybridized carbons (Fsp3) is 0.105. The Morgan fingerprint density at radius 1 is 1.05 bits per heavy atom. The molecule has 102 valence electrons. The van der Waals surface area contributed by atoms with Crippen LogP contribution in [0.3, 0.4) is 0 Å². The van der Waals surface area contributed by atoms with Crippen LogP contribution in [0.25, 0.3) is 33.2 Å². The lowest BCUT2D eigenvalue weighted by Crippen LogP contribution is -2.09. The quantitative estimate of drug-likeness (QED) is 0.715. The number of carbonyl (C=O) groups is 1. The Kier molecular flexibility index (Phi) is 2.43. The summed E-state index contributed by atoms with van der Waals surface area (Å²) in [4.78, 5) is 12.0. The molecule has 4 rings (SSSR count). The molecule has 0 fully saturated rings. The van der Waals surface area contributed by atoms with Crippen molar-refractivity contribution >= 4 is 39.0 Å². The first-order valence-corrected chi connectivity index (χ1v) is 6.96. The molecular weight excluding hydrogens is 260 g/mol. The lowest BCUT2D eigenvalue weighted by Gasteiger charge is -2.09. The molecule has 0 amide bonds. The van der Waals surface area contributed by atoms with E-state index in [2.05, 4.69) is 42.5 Å². The van der Waals surface area contributed by atoms with E-state index < -0.39 is 0 Å². The first-order chi connectivity index (χ1) is 10.2. The van der Waals surface area contributed by atoms with Gasteiger partial charge in [-0.05, 0) is 51.4 Å². The predicted octanol–water partition coefficient (Wildman–Crippen LogP) is 3.45. The Bertz CT molecular complexity index is 988. The van der Waals surface area contributed by atoms with E-state index in [0.717, 1.165) is 16.2 Å². The van der Waals surface area contributed by atoms with Crippen LogP contribution in [0.2, 0.25) is 0 Å². The molecular formula is C19H14O2. The highest BCUT2D eigenvalue weighted by Gasteiger charge is 2.22. The third-order valence-corrected chi connectivity index (χ3v) is 4.18. The van der Waals surface area contributed by atoms with Gasteiger partial charge in [0.05, 0.1) is 12.7 Å². The molecule has 3 aromatic carbocycles. The molecule has 0 N–H and O–H groups in total. The molecule has 0 aromatic heterocycles. The van der Waals surface area contributed by atoms with Crippen molar-refractivity contribution < 1.29 is 9.53 Å². The van der Waals surface area contributed by atoms with Crippen molar-refractivity contribution in [3.05, 3.63) is 59.0 Å². The maximum absolute atomic E-state index is 12.0. The molecule has 1 aliphatic rings. The number of carbonyl (C=O) groups excluding carboxylic acids is 1. The third-order valence-electron chi connectivity index (χ3n) is 4.18. The lowest BCUT2D eigenvalue weighted by molar-refractivity contribution is -0.111. The average Bonchev–Trinajstić information content (AvgIpc) is 2.86. The van der Waals surface area contributed by atoms with Gasteiger partial charge in [0.1, 0.15) is 5.76 Å². The van der Waals surface area contributed by atoms with E-state index in [9.17, 15) is 4.79 Å². The zero-order valence-electron chi connectivity index (χ0n) is 11.9. The van der Waals surface area contributed by atoms with Crippen LogP contribution in [0.1, 0.15) is 12.5 Å². The summed E-state index contributed by atoms with van der Waals surface area (Å²) in [7, 11) is 1.61. The minimum Gasteiger partial charge on any atom is -0.496 e. The van der Waals surface area contributed by atoms with Crippen molar-refractivity contribution in [2.45, 2.75) is 6.92 Å². The maximum atomic E-state index is 12.0. The second-order valence-corrected chi connectivity index (χ2v) is 5.37. The molecule has 0 saturated carbocycles. The SMILES string of the molecule is COC1=C(C(C)=O)c2cc3cccc4cccc(c2=C1)c43. The first-order valence-electron chi connectivity index (χ1n) is 6.96. The van der Waals surface area contributed by atoms with Crippen molar-refractivity contribution in [2.75, 3.05) is 7.11 Å². The summed E-state index contributed by atoms with van der Waals surface area (Å²) in [6.45, 7) is 1.59. The highest BCUT2D eigenvalue weighted by atomic mass is 16.5. The number of hydrogen-bond acceptors (Lipinski definition) is 2. The topological polar surface area (TPSA) is 26.3 Å². The van der Waals surface area contributed by atoms with Crippen molar-refractivity contribution in [2.24, 2.45) is 0 Å². The standard InChI is InChI=1S/C19H14O2/c1-11(20)18-16-9-13-7-3-5-12-6-4-8-14(19(12)13)15(16)10-17(18)21-2/h3-10H,1-2H3. The van der Waals surface area contributed by atoms with Crippen molar-refractivity contribution in [1.29, 1.82) is 0 Å². The monoisotopic (exact) mass is 274 g/mol. The van der Waals surface area contributed by atoms with Gasteiger partial charge in [-0.1, -0.05) is 36.4 Å². The van der Waals surface area contributed by atoms with E-state index in [1.54, 1.807) is 14.0 Å². The molecule has 0 spiro atoms. The number of fused-ring (bicyclic) bond motifs is 2. The largest absolute Gasteiger partial charge is 0.496 e. The zero-order valence-corrected chi connectivity index (χ0v) is 11.9. The smallest absolute Gasteiger partial charge is 0.164 e. The molecule has 3 aromatic rings. The molecule has 0 atom stereocenters. The molecule has 0 bridgehead atoms. The van der Waals surface area contributed by atoms with E-state index in [-0.39, 0.29) is 5.78 Å². The van der Waals surface area contributed by atoms with Gasteiger partial charge in [-0.2, -0.15) is 0 Å². The summed E-state index contributed by atoms with van der Waals surface area (Å²) in [6.07, 6.45) is 1.98. The van der Waals surface area contributed by atoms with E-state index in [1.807, 2.05) is 6.08 Å². The van der Waals surface area contributed by atoms with E-state index in [4.69, 9.17) is 4.74 Å². The van der Waals surface area contributed by atoms with Gasteiger partial charge in [0.15, 0.2) is 5.78 Å². The van der Waals surface area contributed by atoms with Crippen LogP contribution in [-0.4, -0.2) is 12.9 Å². The molecule has 1 aliphatic carbocycles.